The molecule has 1 atom stereocenters. The Hall–Kier alpha value is -0.550. The van der Waals surface area contributed by atoms with Crippen LogP contribution in [0.2, 0.25) is 10.0 Å². The molecule has 114 valence electrons. The van der Waals surface area contributed by atoms with Gasteiger partial charge in [0.1, 0.15) is 0 Å². The van der Waals surface area contributed by atoms with Crippen LogP contribution in [0.15, 0.2) is 22.7 Å². The third kappa shape index (κ3) is 3.45. The molecule has 1 unspecified atom stereocenters. The molecule has 0 fully saturated rings. The Morgan fingerprint density at radius 2 is 2.05 bits per heavy atom. The van der Waals surface area contributed by atoms with Crippen LogP contribution in [0.25, 0.3) is 0 Å². The van der Waals surface area contributed by atoms with Crippen LogP contribution in [-0.2, 0) is 18.5 Å². The van der Waals surface area contributed by atoms with E-state index in [9.17, 15) is 0 Å². The highest BCUT2D eigenvalue weighted by Gasteiger charge is 2.28. The van der Waals surface area contributed by atoms with Crippen molar-refractivity contribution in [3.8, 4) is 0 Å². The smallest absolute Gasteiger partial charge is 0.0847 e. The van der Waals surface area contributed by atoms with E-state index in [0.717, 1.165) is 28.0 Å². The summed E-state index contributed by atoms with van der Waals surface area (Å²) in [5.41, 5.74) is 8.56. The highest BCUT2D eigenvalue weighted by Crippen LogP contribution is 2.33. The van der Waals surface area contributed by atoms with E-state index in [1.165, 1.54) is 0 Å². The molecule has 0 aliphatic rings. The fourth-order valence-electron chi connectivity index (χ4n) is 2.43. The van der Waals surface area contributed by atoms with Crippen LogP contribution in [0.1, 0.15) is 30.8 Å². The van der Waals surface area contributed by atoms with Crippen molar-refractivity contribution in [3.05, 3.63) is 49.7 Å². The molecule has 2 aromatic rings. The van der Waals surface area contributed by atoms with E-state index in [-0.39, 0.29) is 0 Å². The lowest BCUT2D eigenvalue weighted by molar-refractivity contribution is 0.464. The fraction of sp³-hybridized carbons (Fsp3) is 0.400. The molecule has 2 rings (SSSR count). The van der Waals surface area contributed by atoms with Crippen LogP contribution < -0.4 is 5.73 Å². The second-order valence-corrected chi connectivity index (χ2v) is 7.08. The Balaban J connectivity index is 2.41. The first kappa shape index (κ1) is 16.8. The zero-order chi connectivity index (χ0) is 15.8. The van der Waals surface area contributed by atoms with Crippen molar-refractivity contribution in [1.82, 2.24) is 9.78 Å². The van der Waals surface area contributed by atoms with Crippen molar-refractivity contribution < 1.29 is 0 Å². The Morgan fingerprint density at radius 1 is 1.38 bits per heavy atom. The third-order valence-electron chi connectivity index (χ3n) is 3.53. The standard InChI is InChI=1S/C15H18BrCl2N3/c1-4-21-13(14(18)9(2)20-21)8-15(3,19)11-6-5-10(16)7-12(11)17/h5-7H,4,8,19H2,1-3H3. The molecule has 6 heteroatoms. The van der Waals surface area contributed by atoms with Crippen molar-refractivity contribution in [3.63, 3.8) is 0 Å². The van der Waals surface area contributed by atoms with Gasteiger partial charge in [-0.3, -0.25) is 4.68 Å². The molecule has 2 N–H and O–H groups in total. The van der Waals surface area contributed by atoms with Crippen molar-refractivity contribution in [2.45, 2.75) is 39.3 Å². The number of hydrogen-bond donors (Lipinski definition) is 1. The monoisotopic (exact) mass is 389 g/mol. The van der Waals surface area contributed by atoms with E-state index in [4.69, 9.17) is 28.9 Å². The predicted molar refractivity (Wildman–Crippen MR) is 92.0 cm³/mol. The van der Waals surface area contributed by atoms with E-state index in [1.807, 2.05) is 43.7 Å². The van der Waals surface area contributed by atoms with Crippen LogP contribution >= 0.6 is 39.1 Å². The normalized spacial score (nSPS) is 14.2. The van der Waals surface area contributed by atoms with Gasteiger partial charge in [-0.2, -0.15) is 5.10 Å². The maximum Gasteiger partial charge on any atom is 0.0847 e. The molecule has 0 spiro atoms. The van der Waals surface area contributed by atoms with Gasteiger partial charge >= 0.3 is 0 Å². The summed E-state index contributed by atoms with van der Waals surface area (Å²) in [5, 5.41) is 5.76. The first-order chi connectivity index (χ1) is 9.76. The van der Waals surface area contributed by atoms with Gasteiger partial charge in [0, 0.05) is 28.0 Å². The summed E-state index contributed by atoms with van der Waals surface area (Å²) in [6, 6.07) is 5.74. The van der Waals surface area contributed by atoms with Gasteiger partial charge in [-0.05, 0) is 38.5 Å². The fourth-order valence-corrected chi connectivity index (χ4v) is 3.53. The molecule has 0 amide bonds. The van der Waals surface area contributed by atoms with Gasteiger partial charge in [0.25, 0.3) is 0 Å². The molecule has 21 heavy (non-hydrogen) atoms. The van der Waals surface area contributed by atoms with Gasteiger partial charge in [-0.1, -0.05) is 45.2 Å². The van der Waals surface area contributed by atoms with Gasteiger partial charge in [-0.25, -0.2) is 0 Å². The predicted octanol–water partition coefficient (Wildman–Crippen LogP) is 4.70. The number of nitrogens with zero attached hydrogens (tertiary/aromatic N) is 2. The van der Waals surface area contributed by atoms with E-state index in [2.05, 4.69) is 21.0 Å². The molecule has 0 aliphatic carbocycles. The lowest BCUT2D eigenvalue weighted by Crippen LogP contribution is -2.36. The molecule has 0 bridgehead atoms. The summed E-state index contributed by atoms with van der Waals surface area (Å²) >= 11 is 16.1. The van der Waals surface area contributed by atoms with Gasteiger partial charge < -0.3 is 5.73 Å². The first-order valence-electron chi connectivity index (χ1n) is 6.72. The zero-order valence-electron chi connectivity index (χ0n) is 12.3. The van der Waals surface area contributed by atoms with Crippen molar-refractivity contribution >= 4 is 39.1 Å². The van der Waals surface area contributed by atoms with Gasteiger partial charge in [0.2, 0.25) is 0 Å². The number of aryl methyl sites for hydroxylation is 2. The first-order valence-corrected chi connectivity index (χ1v) is 8.27. The molecule has 0 saturated carbocycles. The van der Waals surface area contributed by atoms with Crippen molar-refractivity contribution in [2.75, 3.05) is 0 Å². The van der Waals surface area contributed by atoms with Gasteiger partial charge in [0.05, 0.1) is 16.4 Å². The number of rotatable bonds is 4. The number of benzene rings is 1. The molecule has 1 heterocycles. The largest absolute Gasteiger partial charge is 0.321 e. The SMILES string of the molecule is CCn1nc(C)c(Cl)c1CC(C)(N)c1ccc(Br)cc1Cl. The second kappa shape index (κ2) is 6.29. The van der Waals surface area contributed by atoms with Crippen LogP contribution in [0.3, 0.4) is 0 Å². The average Bonchev–Trinajstić information content (AvgIpc) is 2.65. The zero-order valence-corrected chi connectivity index (χ0v) is 15.3. The Bertz CT molecular complexity index is 665. The molecule has 3 nitrogen and oxygen atoms in total. The molecular formula is C15H18BrCl2N3. The quantitative estimate of drug-likeness (QED) is 0.822. The molecule has 0 radical (unpaired) electrons. The maximum absolute atomic E-state index is 6.52. The minimum Gasteiger partial charge on any atom is -0.321 e. The molecule has 1 aromatic carbocycles. The topological polar surface area (TPSA) is 43.8 Å². The lowest BCUT2D eigenvalue weighted by atomic mass is 9.88. The minimum atomic E-state index is -0.624. The molecule has 0 aliphatic heterocycles. The van der Waals surface area contributed by atoms with E-state index in [0.29, 0.717) is 16.5 Å². The molecular weight excluding hydrogens is 373 g/mol. The summed E-state index contributed by atoms with van der Waals surface area (Å²) < 4.78 is 2.83. The van der Waals surface area contributed by atoms with Crippen LogP contribution in [0.4, 0.5) is 0 Å². The van der Waals surface area contributed by atoms with E-state index < -0.39 is 5.54 Å². The summed E-state index contributed by atoms with van der Waals surface area (Å²) in [4.78, 5) is 0. The Morgan fingerprint density at radius 3 is 2.62 bits per heavy atom. The average molecular weight is 391 g/mol. The van der Waals surface area contributed by atoms with Crippen molar-refractivity contribution in [2.24, 2.45) is 5.73 Å². The van der Waals surface area contributed by atoms with Crippen LogP contribution in [0, 0.1) is 6.92 Å². The van der Waals surface area contributed by atoms with E-state index in [1.54, 1.807) is 0 Å². The maximum atomic E-state index is 6.52. The van der Waals surface area contributed by atoms with Gasteiger partial charge in [0.15, 0.2) is 0 Å². The number of aromatic nitrogens is 2. The minimum absolute atomic E-state index is 0.571. The van der Waals surface area contributed by atoms with Crippen molar-refractivity contribution in [1.29, 1.82) is 0 Å². The highest BCUT2D eigenvalue weighted by atomic mass is 79.9. The van der Waals surface area contributed by atoms with Crippen LogP contribution in [-0.4, -0.2) is 9.78 Å². The Kier molecular flexibility index (Phi) is 5.03. The Labute approximate surface area is 143 Å². The highest BCUT2D eigenvalue weighted by molar-refractivity contribution is 9.10. The summed E-state index contributed by atoms with van der Waals surface area (Å²) in [7, 11) is 0. The number of hydrogen-bond acceptors (Lipinski definition) is 2. The summed E-state index contributed by atoms with van der Waals surface area (Å²) in [6.45, 7) is 6.65. The summed E-state index contributed by atoms with van der Waals surface area (Å²) in [6.07, 6.45) is 0.571. The van der Waals surface area contributed by atoms with E-state index >= 15 is 0 Å². The molecule has 0 saturated heterocycles. The third-order valence-corrected chi connectivity index (χ3v) is 4.83. The summed E-state index contributed by atoms with van der Waals surface area (Å²) in [5.74, 6) is 0. The second-order valence-electron chi connectivity index (χ2n) is 5.38. The molecule has 1 aromatic heterocycles. The van der Waals surface area contributed by atoms with Crippen LogP contribution in [0.5, 0.6) is 0 Å². The number of nitrogens with two attached hydrogens (primary N) is 1. The lowest BCUT2D eigenvalue weighted by Gasteiger charge is -2.27. The van der Waals surface area contributed by atoms with Gasteiger partial charge in [-0.15, -0.1) is 0 Å². The number of halogens is 3.